The number of aliphatic hydroxyl groups excluding tert-OH is 1. The van der Waals surface area contributed by atoms with Crippen LogP contribution in [0.25, 0.3) is 0 Å². The van der Waals surface area contributed by atoms with E-state index in [1.54, 1.807) is 0 Å². The van der Waals surface area contributed by atoms with Crippen LogP contribution in [-0.2, 0) is 0 Å². The summed E-state index contributed by atoms with van der Waals surface area (Å²) in [5.74, 6) is 0. The fourth-order valence-electron chi connectivity index (χ4n) is 2.35. The monoisotopic (exact) mass is 230 g/mol. The molecule has 1 aromatic carbocycles. The molecule has 0 saturated heterocycles. The molecule has 17 heavy (non-hydrogen) atoms. The maximum atomic E-state index is 9.92. The Labute approximate surface area is 102 Å². The van der Waals surface area contributed by atoms with Crippen LogP contribution in [0.3, 0.4) is 0 Å². The van der Waals surface area contributed by atoms with Crippen molar-refractivity contribution in [3.63, 3.8) is 0 Å². The summed E-state index contributed by atoms with van der Waals surface area (Å²) in [6.45, 7) is 1.89. The first kappa shape index (κ1) is 11.9. The second kappa shape index (κ2) is 5.70. The smallest absolute Gasteiger partial charge is 0.0826 e. The SMILES string of the molecule is N#CCCCCN1CCC(O)c2ccccc21. The van der Waals surface area contributed by atoms with E-state index in [2.05, 4.69) is 17.0 Å². The van der Waals surface area contributed by atoms with Gasteiger partial charge in [-0.05, 0) is 25.3 Å². The van der Waals surface area contributed by atoms with Crippen molar-refractivity contribution in [2.24, 2.45) is 0 Å². The summed E-state index contributed by atoms with van der Waals surface area (Å²) in [5.41, 5.74) is 2.20. The molecule has 0 amide bonds. The summed E-state index contributed by atoms with van der Waals surface area (Å²) in [6, 6.07) is 10.2. The van der Waals surface area contributed by atoms with E-state index in [0.717, 1.165) is 43.6 Å². The van der Waals surface area contributed by atoms with Crippen molar-refractivity contribution in [3.8, 4) is 6.07 Å². The summed E-state index contributed by atoms with van der Waals surface area (Å²) in [7, 11) is 0. The average Bonchev–Trinajstić information content (AvgIpc) is 2.37. The molecular formula is C14H18N2O. The highest BCUT2D eigenvalue weighted by Gasteiger charge is 2.22. The highest BCUT2D eigenvalue weighted by molar-refractivity contribution is 5.56. The molecule has 0 fully saturated rings. The Morgan fingerprint density at radius 1 is 1.35 bits per heavy atom. The first-order valence-corrected chi connectivity index (χ1v) is 6.22. The van der Waals surface area contributed by atoms with Crippen LogP contribution < -0.4 is 4.90 Å². The van der Waals surface area contributed by atoms with Gasteiger partial charge in [0.1, 0.15) is 0 Å². The Bertz CT molecular complexity index is 411. The number of hydrogen-bond acceptors (Lipinski definition) is 3. The molecule has 3 nitrogen and oxygen atoms in total. The van der Waals surface area contributed by atoms with Crippen LogP contribution in [0.15, 0.2) is 24.3 Å². The molecule has 90 valence electrons. The summed E-state index contributed by atoms with van der Waals surface area (Å²) < 4.78 is 0. The minimum absolute atomic E-state index is 0.318. The van der Waals surface area contributed by atoms with E-state index >= 15 is 0 Å². The van der Waals surface area contributed by atoms with E-state index < -0.39 is 0 Å². The van der Waals surface area contributed by atoms with Gasteiger partial charge in [-0.25, -0.2) is 0 Å². The largest absolute Gasteiger partial charge is 0.388 e. The number of aliphatic hydroxyl groups is 1. The van der Waals surface area contributed by atoms with E-state index in [4.69, 9.17) is 5.26 Å². The van der Waals surface area contributed by atoms with Crippen molar-refractivity contribution < 1.29 is 5.11 Å². The molecule has 0 aliphatic carbocycles. The minimum atomic E-state index is -0.318. The molecule has 1 heterocycles. The Kier molecular flexibility index (Phi) is 4.00. The number of fused-ring (bicyclic) bond motifs is 1. The van der Waals surface area contributed by atoms with Gasteiger partial charge in [0, 0.05) is 30.8 Å². The molecule has 0 radical (unpaired) electrons. The molecule has 1 unspecified atom stereocenters. The van der Waals surface area contributed by atoms with Crippen molar-refractivity contribution >= 4 is 5.69 Å². The predicted molar refractivity (Wildman–Crippen MR) is 67.7 cm³/mol. The van der Waals surface area contributed by atoms with E-state index in [0.29, 0.717) is 6.42 Å². The predicted octanol–water partition coefficient (Wildman–Crippen LogP) is 2.62. The van der Waals surface area contributed by atoms with Gasteiger partial charge >= 0.3 is 0 Å². The lowest BCUT2D eigenvalue weighted by atomic mass is 9.98. The molecule has 1 N–H and O–H groups in total. The Morgan fingerprint density at radius 3 is 3.00 bits per heavy atom. The zero-order valence-electron chi connectivity index (χ0n) is 9.97. The Balaban J connectivity index is 2.01. The normalized spacial score (nSPS) is 18.6. The van der Waals surface area contributed by atoms with Crippen LogP contribution >= 0.6 is 0 Å². The Morgan fingerprint density at radius 2 is 2.18 bits per heavy atom. The van der Waals surface area contributed by atoms with Crippen LogP contribution in [0.5, 0.6) is 0 Å². The van der Waals surface area contributed by atoms with Gasteiger partial charge in [-0.3, -0.25) is 0 Å². The van der Waals surface area contributed by atoms with Gasteiger partial charge in [0.05, 0.1) is 12.2 Å². The topological polar surface area (TPSA) is 47.3 Å². The van der Waals surface area contributed by atoms with E-state index in [9.17, 15) is 5.11 Å². The lowest BCUT2D eigenvalue weighted by Crippen LogP contribution is -2.31. The van der Waals surface area contributed by atoms with Gasteiger partial charge < -0.3 is 10.0 Å². The number of benzene rings is 1. The third-order valence-corrected chi connectivity index (χ3v) is 3.28. The second-order valence-electron chi connectivity index (χ2n) is 4.47. The third-order valence-electron chi connectivity index (χ3n) is 3.28. The van der Waals surface area contributed by atoms with Crippen LogP contribution in [0.4, 0.5) is 5.69 Å². The van der Waals surface area contributed by atoms with Gasteiger partial charge in [0.15, 0.2) is 0 Å². The molecule has 1 aliphatic heterocycles. The zero-order chi connectivity index (χ0) is 12.1. The number of unbranched alkanes of at least 4 members (excludes halogenated alkanes) is 2. The van der Waals surface area contributed by atoms with Gasteiger partial charge in [-0.2, -0.15) is 5.26 Å². The van der Waals surface area contributed by atoms with Crippen molar-refractivity contribution in [2.75, 3.05) is 18.0 Å². The third kappa shape index (κ3) is 2.78. The quantitative estimate of drug-likeness (QED) is 0.809. The number of nitrogens with zero attached hydrogens (tertiary/aromatic N) is 2. The molecule has 1 atom stereocenters. The first-order valence-electron chi connectivity index (χ1n) is 6.22. The first-order chi connectivity index (χ1) is 8.33. The summed E-state index contributed by atoms with van der Waals surface area (Å²) >= 11 is 0. The van der Waals surface area contributed by atoms with Gasteiger partial charge in [0.25, 0.3) is 0 Å². The maximum Gasteiger partial charge on any atom is 0.0826 e. The number of rotatable bonds is 4. The Hall–Kier alpha value is -1.53. The molecule has 2 rings (SSSR count). The fraction of sp³-hybridized carbons (Fsp3) is 0.500. The molecular weight excluding hydrogens is 212 g/mol. The highest BCUT2D eigenvalue weighted by atomic mass is 16.3. The molecule has 0 spiro atoms. The lowest BCUT2D eigenvalue weighted by Gasteiger charge is -2.33. The summed E-state index contributed by atoms with van der Waals surface area (Å²) in [5, 5.41) is 18.4. The molecule has 0 saturated carbocycles. The average molecular weight is 230 g/mol. The minimum Gasteiger partial charge on any atom is -0.388 e. The van der Waals surface area contributed by atoms with Crippen molar-refractivity contribution in [3.05, 3.63) is 29.8 Å². The molecule has 0 bridgehead atoms. The highest BCUT2D eigenvalue weighted by Crippen LogP contribution is 2.33. The number of para-hydroxylation sites is 1. The van der Waals surface area contributed by atoms with E-state index in [1.165, 1.54) is 0 Å². The molecule has 0 aromatic heterocycles. The van der Waals surface area contributed by atoms with Crippen LogP contribution in [0.2, 0.25) is 0 Å². The zero-order valence-corrected chi connectivity index (χ0v) is 9.97. The summed E-state index contributed by atoms with van der Waals surface area (Å²) in [4.78, 5) is 2.32. The molecule has 1 aromatic rings. The number of nitriles is 1. The van der Waals surface area contributed by atoms with Gasteiger partial charge in [-0.1, -0.05) is 18.2 Å². The number of anilines is 1. The lowest BCUT2D eigenvalue weighted by molar-refractivity contribution is 0.164. The van der Waals surface area contributed by atoms with Crippen molar-refractivity contribution in [2.45, 2.75) is 31.8 Å². The fourth-order valence-corrected chi connectivity index (χ4v) is 2.35. The van der Waals surface area contributed by atoms with Crippen molar-refractivity contribution in [1.29, 1.82) is 5.26 Å². The van der Waals surface area contributed by atoms with Crippen LogP contribution in [0, 0.1) is 11.3 Å². The van der Waals surface area contributed by atoms with Crippen LogP contribution in [0.1, 0.15) is 37.4 Å². The van der Waals surface area contributed by atoms with Crippen LogP contribution in [-0.4, -0.2) is 18.2 Å². The van der Waals surface area contributed by atoms with Gasteiger partial charge in [-0.15, -0.1) is 0 Å². The summed E-state index contributed by atoms with van der Waals surface area (Å²) in [6.07, 6.45) is 3.12. The standard InChI is InChI=1S/C14H18N2O/c15-9-4-1-5-10-16-11-8-14(17)12-6-2-3-7-13(12)16/h2-3,6-7,14,17H,1,4-5,8,10-11H2. The van der Waals surface area contributed by atoms with E-state index in [-0.39, 0.29) is 6.10 Å². The molecule has 3 heteroatoms. The van der Waals surface area contributed by atoms with Crippen molar-refractivity contribution in [1.82, 2.24) is 0 Å². The number of hydrogen-bond donors (Lipinski definition) is 1. The maximum absolute atomic E-state index is 9.92. The second-order valence-corrected chi connectivity index (χ2v) is 4.47. The van der Waals surface area contributed by atoms with Gasteiger partial charge in [0.2, 0.25) is 0 Å². The van der Waals surface area contributed by atoms with E-state index in [1.807, 2.05) is 18.2 Å². The molecule has 1 aliphatic rings.